The highest BCUT2D eigenvalue weighted by Crippen LogP contribution is 2.19. The molecule has 0 aromatic heterocycles. The van der Waals surface area contributed by atoms with Gasteiger partial charge in [-0.3, -0.25) is 9.59 Å². The van der Waals surface area contributed by atoms with E-state index in [9.17, 15) is 9.59 Å². The molecule has 3 aromatic rings. The Hall–Kier alpha value is -3.65. The molecule has 0 spiro atoms. The Labute approximate surface area is 157 Å². The van der Waals surface area contributed by atoms with Crippen molar-refractivity contribution in [1.82, 2.24) is 0 Å². The number of rotatable bonds is 5. The first-order chi connectivity index (χ1) is 13.1. The summed E-state index contributed by atoms with van der Waals surface area (Å²) < 4.78 is 5.28. The van der Waals surface area contributed by atoms with Crippen LogP contribution in [0.15, 0.2) is 66.7 Å². The zero-order valence-electron chi connectivity index (χ0n) is 14.8. The topological polar surface area (TPSA) is 79.2 Å². The van der Waals surface area contributed by atoms with E-state index in [1.165, 1.54) is 6.92 Å². The summed E-state index contributed by atoms with van der Waals surface area (Å²) in [4.78, 5) is 24.5. The number of carbonyl (C=O) groups excluding carboxylic acids is 2. The monoisotopic (exact) mass is 358 g/mol. The van der Waals surface area contributed by atoms with Gasteiger partial charge in [0.15, 0.2) is 6.10 Å². The lowest BCUT2D eigenvalue weighted by Crippen LogP contribution is -2.30. The van der Waals surface area contributed by atoms with E-state index < -0.39 is 18.0 Å². The SMILES string of the molecule is C[C@@H](OC(=O)Cc1cccc2ccccc12)C(=O)Nc1ccc(C#N)cc1. The van der Waals surface area contributed by atoms with Crippen LogP contribution in [0.2, 0.25) is 0 Å². The maximum Gasteiger partial charge on any atom is 0.311 e. The number of anilines is 1. The first-order valence-corrected chi connectivity index (χ1v) is 8.54. The first kappa shape index (κ1) is 18.2. The maximum absolute atomic E-state index is 12.3. The summed E-state index contributed by atoms with van der Waals surface area (Å²) in [6.07, 6.45) is -0.835. The van der Waals surface area contributed by atoms with E-state index in [1.54, 1.807) is 24.3 Å². The number of nitrogens with zero attached hydrogens (tertiary/aromatic N) is 1. The third kappa shape index (κ3) is 4.50. The van der Waals surface area contributed by atoms with E-state index in [1.807, 2.05) is 48.5 Å². The van der Waals surface area contributed by atoms with Gasteiger partial charge in [0, 0.05) is 5.69 Å². The summed E-state index contributed by atoms with van der Waals surface area (Å²) >= 11 is 0. The van der Waals surface area contributed by atoms with Crippen molar-refractivity contribution in [3.8, 4) is 6.07 Å². The van der Waals surface area contributed by atoms with Crippen LogP contribution in [0, 0.1) is 11.3 Å². The van der Waals surface area contributed by atoms with Crippen LogP contribution in [0.3, 0.4) is 0 Å². The molecule has 0 unspecified atom stereocenters. The number of esters is 1. The van der Waals surface area contributed by atoms with Gasteiger partial charge in [-0.05, 0) is 47.5 Å². The minimum Gasteiger partial charge on any atom is -0.452 e. The molecule has 0 bridgehead atoms. The van der Waals surface area contributed by atoms with Crippen molar-refractivity contribution in [3.05, 3.63) is 77.9 Å². The van der Waals surface area contributed by atoms with Crippen molar-refractivity contribution < 1.29 is 14.3 Å². The number of hydrogen-bond acceptors (Lipinski definition) is 4. The van der Waals surface area contributed by atoms with Crippen LogP contribution in [-0.4, -0.2) is 18.0 Å². The molecule has 1 N–H and O–H groups in total. The Kier molecular flexibility index (Phi) is 5.48. The van der Waals surface area contributed by atoms with Crippen LogP contribution in [0.4, 0.5) is 5.69 Å². The van der Waals surface area contributed by atoms with Gasteiger partial charge in [0.1, 0.15) is 0 Å². The average molecular weight is 358 g/mol. The highest BCUT2D eigenvalue weighted by molar-refractivity contribution is 5.95. The zero-order valence-corrected chi connectivity index (χ0v) is 14.8. The van der Waals surface area contributed by atoms with Crippen molar-refractivity contribution in [2.75, 3.05) is 5.32 Å². The lowest BCUT2D eigenvalue weighted by Gasteiger charge is -2.14. The van der Waals surface area contributed by atoms with Gasteiger partial charge in [-0.15, -0.1) is 0 Å². The number of nitrogens with one attached hydrogen (secondary N) is 1. The number of amides is 1. The second-order valence-corrected chi connectivity index (χ2v) is 6.13. The molecule has 0 aliphatic heterocycles. The zero-order chi connectivity index (χ0) is 19.2. The molecule has 0 saturated carbocycles. The van der Waals surface area contributed by atoms with Crippen molar-refractivity contribution in [2.45, 2.75) is 19.4 Å². The fourth-order valence-electron chi connectivity index (χ4n) is 2.77. The molecule has 0 saturated heterocycles. The summed E-state index contributed by atoms with van der Waals surface area (Å²) in [6, 6.07) is 22.0. The summed E-state index contributed by atoms with van der Waals surface area (Å²) in [5.74, 6) is -0.889. The van der Waals surface area contributed by atoms with E-state index in [2.05, 4.69) is 5.32 Å². The van der Waals surface area contributed by atoms with Crippen molar-refractivity contribution >= 4 is 28.3 Å². The molecular weight excluding hydrogens is 340 g/mol. The number of hydrogen-bond donors (Lipinski definition) is 1. The van der Waals surface area contributed by atoms with Crippen LogP contribution in [0.5, 0.6) is 0 Å². The van der Waals surface area contributed by atoms with Crippen molar-refractivity contribution in [1.29, 1.82) is 5.26 Å². The molecule has 0 radical (unpaired) electrons. The highest BCUT2D eigenvalue weighted by Gasteiger charge is 2.18. The molecule has 0 fully saturated rings. The van der Waals surface area contributed by atoms with Crippen LogP contribution in [-0.2, 0) is 20.7 Å². The number of nitriles is 1. The average Bonchev–Trinajstić information content (AvgIpc) is 2.68. The Morgan fingerprint density at radius 3 is 2.48 bits per heavy atom. The van der Waals surface area contributed by atoms with E-state index in [4.69, 9.17) is 10.00 Å². The van der Waals surface area contributed by atoms with Gasteiger partial charge in [0.25, 0.3) is 5.91 Å². The van der Waals surface area contributed by atoms with Crippen LogP contribution < -0.4 is 5.32 Å². The van der Waals surface area contributed by atoms with Gasteiger partial charge in [-0.1, -0.05) is 42.5 Å². The second kappa shape index (κ2) is 8.15. The smallest absolute Gasteiger partial charge is 0.311 e. The van der Waals surface area contributed by atoms with E-state index in [-0.39, 0.29) is 6.42 Å². The molecule has 3 aromatic carbocycles. The predicted molar refractivity (Wildman–Crippen MR) is 103 cm³/mol. The Balaban J connectivity index is 1.61. The molecule has 5 nitrogen and oxygen atoms in total. The molecule has 1 amide bonds. The first-order valence-electron chi connectivity index (χ1n) is 8.54. The molecule has 134 valence electrons. The van der Waals surface area contributed by atoms with E-state index in [0.717, 1.165) is 16.3 Å². The van der Waals surface area contributed by atoms with Gasteiger partial charge in [0.2, 0.25) is 0 Å². The maximum atomic E-state index is 12.3. The molecule has 0 aliphatic carbocycles. The van der Waals surface area contributed by atoms with Crippen molar-refractivity contribution in [2.24, 2.45) is 0 Å². The third-order valence-electron chi connectivity index (χ3n) is 4.17. The summed E-state index contributed by atoms with van der Waals surface area (Å²) in [7, 11) is 0. The minimum atomic E-state index is -0.928. The quantitative estimate of drug-likeness (QED) is 0.703. The van der Waals surface area contributed by atoms with Gasteiger partial charge in [0.05, 0.1) is 18.1 Å². The largest absolute Gasteiger partial charge is 0.452 e. The van der Waals surface area contributed by atoms with Crippen LogP contribution in [0.1, 0.15) is 18.1 Å². The van der Waals surface area contributed by atoms with Gasteiger partial charge in [-0.2, -0.15) is 5.26 Å². The third-order valence-corrected chi connectivity index (χ3v) is 4.17. The van der Waals surface area contributed by atoms with Crippen LogP contribution >= 0.6 is 0 Å². The van der Waals surface area contributed by atoms with Gasteiger partial charge in [-0.25, -0.2) is 0 Å². The summed E-state index contributed by atoms with van der Waals surface area (Å²) in [6.45, 7) is 1.53. The van der Waals surface area contributed by atoms with Crippen LogP contribution in [0.25, 0.3) is 10.8 Å². The summed E-state index contributed by atoms with van der Waals surface area (Å²) in [5, 5.41) is 13.5. The molecule has 1 atom stereocenters. The fraction of sp³-hybridized carbons (Fsp3) is 0.136. The van der Waals surface area contributed by atoms with Gasteiger partial charge >= 0.3 is 5.97 Å². The Morgan fingerprint density at radius 1 is 1.04 bits per heavy atom. The Morgan fingerprint density at radius 2 is 1.74 bits per heavy atom. The van der Waals surface area contributed by atoms with E-state index >= 15 is 0 Å². The standard InChI is InChI=1S/C22H18N2O3/c1-15(22(26)24-19-11-9-16(14-23)10-12-19)27-21(25)13-18-7-4-6-17-5-2-3-8-20(17)18/h2-12,15H,13H2,1H3,(H,24,26)/t15-/m1/s1. The fourth-order valence-corrected chi connectivity index (χ4v) is 2.77. The number of carbonyl (C=O) groups is 2. The normalized spacial score (nSPS) is 11.4. The van der Waals surface area contributed by atoms with E-state index in [0.29, 0.717) is 11.3 Å². The highest BCUT2D eigenvalue weighted by atomic mass is 16.5. The summed E-state index contributed by atoms with van der Waals surface area (Å²) in [5.41, 5.74) is 1.90. The Bertz CT molecular complexity index is 1010. The van der Waals surface area contributed by atoms with Crippen molar-refractivity contribution in [3.63, 3.8) is 0 Å². The minimum absolute atomic E-state index is 0.0931. The van der Waals surface area contributed by atoms with Gasteiger partial charge < -0.3 is 10.1 Å². The molecular formula is C22H18N2O3. The molecule has 0 heterocycles. The molecule has 27 heavy (non-hydrogen) atoms. The number of fused-ring (bicyclic) bond motifs is 1. The molecule has 5 heteroatoms. The second-order valence-electron chi connectivity index (χ2n) is 6.13. The lowest BCUT2D eigenvalue weighted by atomic mass is 10.0. The molecule has 3 rings (SSSR count). The molecule has 0 aliphatic rings. The lowest BCUT2D eigenvalue weighted by molar-refractivity contribution is -0.152. The number of ether oxygens (including phenoxy) is 1. The number of benzene rings is 3. The predicted octanol–water partition coefficient (Wildman–Crippen LogP) is 3.82.